The van der Waals surface area contributed by atoms with Crippen molar-refractivity contribution in [2.45, 2.75) is 117 Å². The van der Waals surface area contributed by atoms with Gasteiger partial charge in [-0.2, -0.15) is 0 Å². The second-order valence-electron chi connectivity index (χ2n) is 21.5. The van der Waals surface area contributed by atoms with E-state index in [1.54, 1.807) is 48.5 Å². The summed E-state index contributed by atoms with van der Waals surface area (Å²) in [5.74, 6) is 0.650. The van der Waals surface area contributed by atoms with Crippen LogP contribution in [0.1, 0.15) is 137 Å². The van der Waals surface area contributed by atoms with E-state index in [0.717, 1.165) is 84.4 Å². The van der Waals surface area contributed by atoms with Crippen molar-refractivity contribution < 1.29 is 38.1 Å². The number of rotatable bonds is 19. The van der Waals surface area contributed by atoms with Crippen molar-refractivity contribution >= 4 is 45.4 Å². The quantitative estimate of drug-likeness (QED) is 0.0448. The molecule has 2 saturated carbocycles. The van der Waals surface area contributed by atoms with E-state index in [2.05, 4.69) is 26.0 Å². The van der Waals surface area contributed by atoms with Crippen LogP contribution < -0.4 is 18.9 Å². The van der Waals surface area contributed by atoms with Crippen molar-refractivity contribution in [2.75, 3.05) is 0 Å². The Morgan fingerprint density at radius 3 is 1.13 bits per heavy atom. The van der Waals surface area contributed by atoms with Gasteiger partial charge in [-0.05, 0) is 157 Å². The first-order valence-electron chi connectivity index (χ1n) is 28.5. The van der Waals surface area contributed by atoms with Gasteiger partial charge < -0.3 is 18.9 Å². The number of carbonyl (C=O) groups excluding carboxylic acids is 4. The third-order valence-electron chi connectivity index (χ3n) is 16.2. The average molecular weight is 1040 g/mol. The van der Waals surface area contributed by atoms with Gasteiger partial charge in [-0.25, -0.2) is 9.59 Å². The van der Waals surface area contributed by atoms with Gasteiger partial charge in [0.25, 0.3) is 0 Å². The molecule has 0 radical (unpaired) electrons. The van der Waals surface area contributed by atoms with E-state index >= 15 is 0 Å². The predicted molar refractivity (Wildman–Crippen MR) is 311 cm³/mol. The second kappa shape index (κ2) is 25.5. The van der Waals surface area contributed by atoms with Crippen LogP contribution in [0.2, 0.25) is 0 Å². The molecule has 0 bridgehead atoms. The Labute approximate surface area is 459 Å². The lowest BCUT2D eigenvalue weighted by atomic mass is 9.80. The lowest BCUT2D eigenvalue weighted by molar-refractivity contribution is -0.141. The normalized spacial score (nSPS) is 17.3. The van der Waals surface area contributed by atoms with Gasteiger partial charge in [0.2, 0.25) is 0 Å². The van der Waals surface area contributed by atoms with Gasteiger partial charge in [-0.1, -0.05) is 174 Å². The molecule has 2 aliphatic carbocycles. The SMILES string of the molecule is CCCCCC1CCC(C(=O)Oc2ccc(C(=O)Oc3c(-c4c(-c5ccccc5)cc5ccccc5c4OC(=O)c4ccc(OC(=O)C5CCC(CCCCC)CC5)cc4)c(-c4ccccc4)cc4ccccc34)cc2)CC1. The molecule has 2 aliphatic rings. The van der Waals surface area contributed by atoms with Gasteiger partial charge in [-0.3, -0.25) is 9.59 Å². The van der Waals surface area contributed by atoms with Crippen molar-refractivity contribution in [1.82, 2.24) is 0 Å². The van der Waals surface area contributed by atoms with Gasteiger partial charge in [0.15, 0.2) is 0 Å². The lowest BCUT2D eigenvalue weighted by Gasteiger charge is -2.27. The topological polar surface area (TPSA) is 105 Å². The molecule has 0 heterocycles. The monoisotopic (exact) mass is 1040 g/mol. The van der Waals surface area contributed by atoms with E-state index < -0.39 is 11.9 Å². The molecule has 0 aromatic heterocycles. The van der Waals surface area contributed by atoms with Crippen molar-refractivity contribution in [1.29, 1.82) is 0 Å². The molecule has 0 N–H and O–H groups in total. The fourth-order valence-corrected chi connectivity index (χ4v) is 11.8. The summed E-state index contributed by atoms with van der Waals surface area (Å²) < 4.78 is 25.3. The molecule has 0 spiro atoms. The zero-order chi connectivity index (χ0) is 53.8. The zero-order valence-electron chi connectivity index (χ0n) is 45.1. The minimum atomic E-state index is -0.623. The maximum Gasteiger partial charge on any atom is 0.343 e. The molecule has 8 nitrogen and oxygen atoms in total. The number of esters is 4. The van der Waals surface area contributed by atoms with E-state index in [-0.39, 0.29) is 46.4 Å². The molecule has 0 atom stereocenters. The van der Waals surface area contributed by atoms with E-state index in [1.165, 1.54) is 51.4 Å². The van der Waals surface area contributed by atoms with Gasteiger partial charge in [-0.15, -0.1) is 0 Å². The molecule has 10 rings (SSSR count). The molecule has 0 unspecified atom stereocenters. The van der Waals surface area contributed by atoms with Crippen LogP contribution in [0.5, 0.6) is 23.0 Å². The highest BCUT2D eigenvalue weighted by molar-refractivity contribution is 6.13. The fourth-order valence-electron chi connectivity index (χ4n) is 11.8. The highest BCUT2D eigenvalue weighted by Crippen LogP contribution is 2.53. The molecular weight excluding hydrogens is 969 g/mol. The highest BCUT2D eigenvalue weighted by Gasteiger charge is 2.32. The molecule has 398 valence electrons. The minimum absolute atomic E-state index is 0.142. The van der Waals surface area contributed by atoms with Crippen LogP contribution in [0, 0.1) is 23.7 Å². The number of ether oxygens (including phenoxy) is 4. The lowest BCUT2D eigenvalue weighted by Crippen LogP contribution is -2.25. The largest absolute Gasteiger partial charge is 0.426 e. The number of hydrogen-bond donors (Lipinski definition) is 0. The Hall–Kier alpha value is -7.84. The van der Waals surface area contributed by atoms with E-state index in [9.17, 15) is 19.2 Å². The Morgan fingerprint density at radius 1 is 0.397 bits per heavy atom. The Balaban J connectivity index is 1.00. The van der Waals surface area contributed by atoms with Gasteiger partial charge >= 0.3 is 23.9 Å². The summed E-state index contributed by atoms with van der Waals surface area (Å²) in [5, 5.41) is 3.00. The van der Waals surface area contributed by atoms with E-state index in [4.69, 9.17) is 18.9 Å². The predicted octanol–water partition coefficient (Wildman–Crippen LogP) is 18.0. The standard InChI is InChI=1S/C70H70O8/c1-3-5-9-19-47-29-33-51(34-30-47)67(71)75-57-41-37-53(38-42-57)69(73)77-65-59-27-17-15-25-55(59)45-61(49-21-11-7-12-22-49)63(65)64-62(50-23-13-8-14-24-50)46-56-26-16-18-28-60(56)66(64)78-70(74)54-39-43-58(44-40-54)76-68(72)52-35-31-48(32-36-52)20-10-6-4-2/h7-8,11-18,21-28,37-48,51-52H,3-6,9-10,19-20,29-36H2,1-2H3. The summed E-state index contributed by atoms with van der Waals surface area (Å²) in [5.41, 5.74) is 4.80. The molecule has 2 fully saturated rings. The number of hydrogen-bond acceptors (Lipinski definition) is 8. The summed E-state index contributed by atoms with van der Waals surface area (Å²) in [6.07, 6.45) is 17.3. The van der Waals surface area contributed by atoms with Crippen molar-refractivity contribution in [2.24, 2.45) is 23.7 Å². The molecule has 0 amide bonds. The fraction of sp³-hybridized carbons (Fsp3) is 0.314. The van der Waals surface area contributed by atoms with Crippen molar-refractivity contribution in [3.63, 3.8) is 0 Å². The van der Waals surface area contributed by atoms with Crippen molar-refractivity contribution in [3.05, 3.63) is 181 Å². The zero-order valence-corrected chi connectivity index (χ0v) is 45.1. The molecule has 8 aromatic carbocycles. The van der Waals surface area contributed by atoms with Crippen LogP contribution in [0.25, 0.3) is 54.9 Å². The number of fused-ring (bicyclic) bond motifs is 2. The third kappa shape index (κ3) is 12.6. The summed E-state index contributed by atoms with van der Waals surface area (Å²) in [4.78, 5) is 56.4. The maximum atomic E-state index is 14.8. The average Bonchev–Trinajstić information content (AvgIpc) is 3.68. The first-order valence-corrected chi connectivity index (χ1v) is 28.5. The molecule has 78 heavy (non-hydrogen) atoms. The van der Waals surface area contributed by atoms with Crippen LogP contribution in [-0.4, -0.2) is 23.9 Å². The van der Waals surface area contributed by atoms with Gasteiger partial charge in [0.1, 0.15) is 23.0 Å². The minimum Gasteiger partial charge on any atom is -0.426 e. The molecule has 8 heteroatoms. The molecule has 0 saturated heterocycles. The van der Waals surface area contributed by atoms with Gasteiger partial charge in [0.05, 0.1) is 23.0 Å². The van der Waals surface area contributed by atoms with Crippen LogP contribution in [-0.2, 0) is 9.59 Å². The van der Waals surface area contributed by atoms with Crippen LogP contribution in [0.4, 0.5) is 0 Å². The van der Waals surface area contributed by atoms with Gasteiger partial charge in [0, 0.05) is 21.9 Å². The Morgan fingerprint density at radius 2 is 0.756 bits per heavy atom. The second-order valence-corrected chi connectivity index (χ2v) is 21.5. The number of carbonyl (C=O) groups is 4. The smallest absolute Gasteiger partial charge is 0.343 e. The number of benzene rings is 8. The van der Waals surface area contributed by atoms with E-state index in [1.807, 2.05) is 109 Å². The summed E-state index contributed by atoms with van der Waals surface area (Å²) in [6.45, 7) is 4.45. The summed E-state index contributed by atoms with van der Waals surface area (Å²) in [6, 6.07) is 52.7. The molecule has 0 aliphatic heterocycles. The van der Waals surface area contributed by atoms with Crippen LogP contribution in [0.3, 0.4) is 0 Å². The summed E-state index contributed by atoms with van der Waals surface area (Å²) >= 11 is 0. The highest BCUT2D eigenvalue weighted by atomic mass is 16.5. The number of unbranched alkanes of at least 4 members (excludes halogenated alkanes) is 4. The molecule has 8 aromatic rings. The van der Waals surface area contributed by atoms with E-state index in [0.29, 0.717) is 45.2 Å². The maximum absolute atomic E-state index is 14.8. The van der Waals surface area contributed by atoms with Crippen LogP contribution in [0.15, 0.2) is 170 Å². The molecular formula is C70H70O8. The summed E-state index contributed by atoms with van der Waals surface area (Å²) in [7, 11) is 0. The Kier molecular flexibility index (Phi) is 17.5. The third-order valence-corrected chi connectivity index (χ3v) is 16.2. The first kappa shape index (κ1) is 53.6. The van der Waals surface area contributed by atoms with Crippen molar-refractivity contribution in [3.8, 4) is 56.4 Å². The first-order chi connectivity index (χ1) is 38.2. The Bertz CT molecular complexity index is 3120. The van der Waals surface area contributed by atoms with Crippen LogP contribution >= 0.6 is 0 Å².